The fraction of sp³-hybridized carbons (Fsp3) is 0.615. The summed E-state index contributed by atoms with van der Waals surface area (Å²) in [6.07, 6.45) is -2.06. The molecule has 0 spiro atoms. The number of halogens is 3. The van der Waals surface area contributed by atoms with Crippen molar-refractivity contribution in [1.29, 1.82) is 0 Å². The summed E-state index contributed by atoms with van der Waals surface area (Å²) in [5, 5.41) is 15.2. The maximum Gasteiger partial charge on any atom is 0.270 e. The molecule has 0 saturated heterocycles. The Hall–Kier alpha value is -1.54. The van der Waals surface area contributed by atoms with E-state index in [4.69, 9.17) is 11.6 Å². The highest BCUT2D eigenvalue weighted by Crippen LogP contribution is 2.37. The maximum absolute atomic E-state index is 13.0. The Kier molecular flexibility index (Phi) is 4.81. The number of carbonyl (C=O) groups excluding carboxylic acids is 1. The molecule has 0 aromatic carbocycles. The Bertz CT molecular complexity index is 644. The molecule has 1 amide bonds. The molecule has 0 aliphatic heterocycles. The normalized spacial score (nSPS) is 16.5. The molecule has 0 radical (unpaired) electrons. The van der Waals surface area contributed by atoms with E-state index in [0.717, 1.165) is 4.68 Å². The second-order valence-corrected chi connectivity index (χ2v) is 5.73. The topological polar surface area (TPSA) is 84.2 Å². The molecule has 1 heterocycles. The van der Waals surface area contributed by atoms with Crippen LogP contribution < -0.4 is 10.9 Å². The van der Waals surface area contributed by atoms with Gasteiger partial charge in [0.1, 0.15) is 5.54 Å². The van der Waals surface area contributed by atoms with Gasteiger partial charge in [-0.25, -0.2) is 13.5 Å². The summed E-state index contributed by atoms with van der Waals surface area (Å²) in [6, 6.07) is 0. The van der Waals surface area contributed by atoms with Gasteiger partial charge in [0.25, 0.3) is 12.0 Å². The number of alkyl halides is 2. The van der Waals surface area contributed by atoms with Crippen LogP contribution in [-0.2, 0) is 24.9 Å². The van der Waals surface area contributed by atoms with Gasteiger partial charge in [-0.15, -0.1) is 0 Å². The predicted octanol–water partition coefficient (Wildman–Crippen LogP) is 0.772. The van der Waals surface area contributed by atoms with E-state index in [-0.39, 0.29) is 29.1 Å². The number of nitrogens with zero attached hydrogens (tertiary/aromatic N) is 2. The first kappa shape index (κ1) is 16.8. The van der Waals surface area contributed by atoms with Crippen LogP contribution in [0.2, 0.25) is 5.15 Å². The van der Waals surface area contributed by atoms with E-state index >= 15 is 0 Å². The van der Waals surface area contributed by atoms with Gasteiger partial charge in [0, 0.05) is 18.2 Å². The molecular weight excluding hydrogens is 320 g/mol. The first-order valence-corrected chi connectivity index (χ1v) is 7.13. The zero-order valence-corrected chi connectivity index (χ0v) is 12.7. The molecule has 0 atom stereocenters. The monoisotopic (exact) mass is 335 g/mol. The lowest BCUT2D eigenvalue weighted by molar-refractivity contribution is -0.127. The summed E-state index contributed by atoms with van der Waals surface area (Å²) in [5.41, 5.74) is -2.09. The number of nitrogens with one attached hydrogen (secondary N) is 1. The first-order valence-electron chi connectivity index (χ1n) is 6.75. The zero-order chi connectivity index (χ0) is 16.5. The van der Waals surface area contributed by atoms with E-state index in [0.29, 0.717) is 6.42 Å². The molecule has 22 heavy (non-hydrogen) atoms. The minimum Gasteiger partial charge on any atom is -0.392 e. The van der Waals surface area contributed by atoms with Crippen molar-refractivity contribution in [2.24, 2.45) is 7.05 Å². The Balaban J connectivity index is 2.24. The molecule has 6 nitrogen and oxygen atoms in total. The number of carbonyl (C=O) groups is 1. The number of aromatic nitrogens is 2. The second-order valence-electron chi connectivity index (χ2n) is 5.37. The zero-order valence-electron chi connectivity index (χ0n) is 11.9. The molecule has 1 fully saturated rings. The average molecular weight is 336 g/mol. The van der Waals surface area contributed by atoms with Crippen molar-refractivity contribution in [3.63, 3.8) is 0 Å². The lowest BCUT2D eigenvalue weighted by atomic mass is 9.77. The molecule has 1 aromatic heterocycles. The Labute approximate surface area is 130 Å². The number of amides is 1. The van der Waals surface area contributed by atoms with Gasteiger partial charge in [-0.05, 0) is 19.3 Å². The van der Waals surface area contributed by atoms with Crippen molar-refractivity contribution in [3.05, 3.63) is 26.6 Å². The van der Waals surface area contributed by atoms with Gasteiger partial charge in [0.15, 0.2) is 5.15 Å². The van der Waals surface area contributed by atoms with E-state index < -0.39 is 36.5 Å². The number of rotatable bonds is 5. The van der Waals surface area contributed by atoms with Crippen LogP contribution in [0.25, 0.3) is 0 Å². The quantitative estimate of drug-likeness (QED) is 0.832. The van der Waals surface area contributed by atoms with Crippen LogP contribution in [0, 0.1) is 0 Å². The Morgan fingerprint density at radius 3 is 2.59 bits per heavy atom. The minimum absolute atomic E-state index is 0.0359. The summed E-state index contributed by atoms with van der Waals surface area (Å²) in [6.45, 7) is -0.565. The van der Waals surface area contributed by atoms with Crippen molar-refractivity contribution < 1.29 is 18.7 Å². The molecule has 122 valence electrons. The summed E-state index contributed by atoms with van der Waals surface area (Å²) in [7, 11) is 1.35. The van der Waals surface area contributed by atoms with Crippen LogP contribution in [0.1, 0.15) is 30.4 Å². The SMILES string of the molecule is Cn1nc(Cl)c(CO)c(CC(=O)NC2(C(F)F)CCC2)c1=O. The van der Waals surface area contributed by atoms with Gasteiger partial charge in [0.2, 0.25) is 5.91 Å². The third-order valence-electron chi connectivity index (χ3n) is 3.95. The molecule has 0 bridgehead atoms. The lowest BCUT2D eigenvalue weighted by Crippen LogP contribution is -2.59. The molecule has 9 heteroatoms. The van der Waals surface area contributed by atoms with E-state index in [2.05, 4.69) is 10.4 Å². The number of aliphatic hydroxyl groups excluding tert-OH is 1. The van der Waals surface area contributed by atoms with Crippen LogP contribution in [0.4, 0.5) is 8.78 Å². The smallest absolute Gasteiger partial charge is 0.270 e. The molecule has 1 saturated carbocycles. The molecule has 1 aliphatic carbocycles. The molecule has 0 unspecified atom stereocenters. The molecule has 1 aromatic rings. The fourth-order valence-corrected chi connectivity index (χ4v) is 2.75. The lowest BCUT2D eigenvalue weighted by Gasteiger charge is -2.41. The number of hydrogen-bond acceptors (Lipinski definition) is 4. The van der Waals surface area contributed by atoms with Gasteiger partial charge in [-0.3, -0.25) is 9.59 Å². The highest BCUT2D eigenvalue weighted by Gasteiger charge is 2.46. The van der Waals surface area contributed by atoms with Crippen molar-refractivity contribution in [2.75, 3.05) is 0 Å². The summed E-state index contributed by atoms with van der Waals surface area (Å²) >= 11 is 5.83. The Morgan fingerprint density at radius 2 is 2.14 bits per heavy atom. The standard InChI is InChI=1S/C13H16ClF2N3O3/c1-19-11(22)7(8(6-20)10(14)18-19)5-9(21)17-13(12(15)16)3-2-4-13/h12,20H,2-6H2,1H3,(H,17,21). The molecule has 2 rings (SSSR count). The number of aryl methyl sites for hydroxylation is 1. The van der Waals surface area contributed by atoms with E-state index in [1.165, 1.54) is 7.05 Å². The van der Waals surface area contributed by atoms with Gasteiger partial charge >= 0.3 is 0 Å². The van der Waals surface area contributed by atoms with E-state index in [9.17, 15) is 23.5 Å². The van der Waals surface area contributed by atoms with Gasteiger partial charge in [-0.1, -0.05) is 11.6 Å². The largest absolute Gasteiger partial charge is 0.392 e. The highest BCUT2D eigenvalue weighted by atomic mass is 35.5. The van der Waals surface area contributed by atoms with Crippen LogP contribution in [0.15, 0.2) is 4.79 Å². The maximum atomic E-state index is 13.0. The molecule has 2 N–H and O–H groups in total. The van der Waals surface area contributed by atoms with Gasteiger partial charge < -0.3 is 10.4 Å². The highest BCUT2D eigenvalue weighted by molar-refractivity contribution is 6.30. The summed E-state index contributed by atoms with van der Waals surface area (Å²) in [5.74, 6) is -0.700. The molecular formula is C13H16ClF2N3O3. The average Bonchev–Trinajstić information content (AvgIpc) is 2.39. The van der Waals surface area contributed by atoms with Gasteiger partial charge in [-0.2, -0.15) is 5.10 Å². The van der Waals surface area contributed by atoms with E-state index in [1.54, 1.807) is 0 Å². The van der Waals surface area contributed by atoms with Crippen LogP contribution in [0.3, 0.4) is 0 Å². The van der Waals surface area contributed by atoms with Gasteiger partial charge in [0.05, 0.1) is 13.0 Å². The summed E-state index contributed by atoms with van der Waals surface area (Å²) in [4.78, 5) is 24.1. The first-order chi connectivity index (χ1) is 10.3. The van der Waals surface area contributed by atoms with Crippen molar-refractivity contribution in [3.8, 4) is 0 Å². The van der Waals surface area contributed by atoms with Crippen LogP contribution in [-0.4, -0.2) is 32.8 Å². The van der Waals surface area contributed by atoms with Crippen molar-refractivity contribution in [1.82, 2.24) is 15.1 Å². The molecule has 1 aliphatic rings. The second kappa shape index (κ2) is 6.29. The third kappa shape index (κ3) is 2.98. The van der Waals surface area contributed by atoms with Crippen molar-refractivity contribution in [2.45, 2.75) is 44.3 Å². The fourth-order valence-electron chi connectivity index (χ4n) is 2.47. The summed E-state index contributed by atoms with van der Waals surface area (Å²) < 4.78 is 27.0. The number of hydrogen-bond donors (Lipinski definition) is 2. The van der Waals surface area contributed by atoms with Crippen LogP contribution in [0.5, 0.6) is 0 Å². The third-order valence-corrected chi connectivity index (χ3v) is 4.25. The predicted molar refractivity (Wildman–Crippen MR) is 74.8 cm³/mol. The number of aliphatic hydroxyl groups is 1. The Morgan fingerprint density at radius 1 is 1.50 bits per heavy atom. The van der Waals surface area contributed by atoms with Crippen molar-refractivity contribution >= 4 is 17.5 Å². The van der Waals surface area contributed by atoms with E-state index in [1.807, 2.05) is 0 Å². The van der Waals surface area contributed by atoms with Crippen LogP contribution >= 0.6 is 11.6 Å². The minimum atomic E-state index is -2.66.